The fourth-order valence-corrected chi connectivity index (χ4v) is 1.71. The van der Waals surface area contributed by atoms with Crippen LogP contribution in [0.25, 0.3) is 5.65 Å². The van der Waals surface area contributed by atoms with E-state index in [1.54, 1.807) is 13.1 Å². The quantitative estimate of drug-likeness (QED) is 0.726. The number of carbonyl (C=O) groups is 1. The van der Waals surface area contributed by atoms with E-state index in [1.807, 2.05) is 0 Å². The first-order valence-electron chi connectivity index (χ1n) is 5.44. The molecule has 0 aliphatic heterocycles. The van der Waals surface area contributed by atoms with Crippen molar-refractivity contribution in [2.75, 3.05) is 19.5 Å². The molecule has 0 amide bonds. The monoisotopic (exact) mass is 267 g/mol. The molecular formula is C10H13N5O4. The highest BCUT2D eigenvalue weighted by molar-refractivity contribution is 5.66. The minimum Gasteiger partial charge on any atom is -0.480 e. The lowest BCUT2D eigenvalue weighted by Gasteiger charge is -2.04. The highest BCUT2D eigenvalue weighted by Gasteiger charge is 2.14. The first-order valence-corrected chi connectivity index (χ1v) is 5.44. The second-order valence-electron chi connectivity index (χ2n) is 3.78. The number of anilines is 1. The number of ether oxygens (including phenoxy) is 1. The smallest absolute Gasteiger partial charge is 0.353 e. The summed E-state index contributed by atoms with van der Waals surface area (Å²) in [6.45, 7) is -0.228. The Morgan fingerprint density at radius 2 is 2.32 bits per heavy atom. The first-order chi connectivity index (χ1) is 9.06. The van der Waals surface area contributed by atoms with Gasteiger partial charge in [0.25, 0.3) is 0 Å². The fourth-order valence-electron chi connectivity index (χ4n) is 1.71. The SMILES string of the molecule is CNc1nc(COC)cc2nn(CC(=O)O)c(=O)n12. The van der Waals surface area contributed by atoms with Crippen molar-refractivity contribution in [1.82, 2.24) is 19.2 Å². The topological polar surface area (TPSA) is 111 Å². The van der Waals surface area contributed by atoms with Crippen LogP contribution in [-0.2, 0) is 22.7 Å². The molecule has 0 aliphatic carbocycles. The summed E-state index contributed by atoms with van der Waals surface area (Å²) >= 11 is 0. The van der Waals surface area contributed by atoms with Crippen LogP contribution in [0.2, 0.25) is 0 Å². The molecule has 0 aromatic carbocycles. The summed E-state index contributed by atoms with van der Waals surface area (Å²) in [5, 5.41) is 15.4. The summed E-state index contributed by atoms with van der Waals surface area (Å²) < 4.78 is 7.05. The van der Waals surface area contributed by atoms with Crippen molar-refractivity contribution in [3.8, 4) is 0 Å². The van der Waals surface area contributed by atoms with Gasteiger partial charge >= 0.3 is 11.7 Å². The highest BCUT2D eigenvalue weighted by Crippen LogP contribution is 2.08. The van der Waals surface area contributed by atoms with Gasteiger partial charge in [-0.15, -0.1) is 5.10 Å². The van der Waals surface area contributed by atoms with Gasteiger partial charge in [0.15, 0.2) is 5.65 Å². The minimum absolute atomic E-state index is 0.269. The summed E-state index contributed by atoms with van der Waals surface area (Å²) in [6.07, 6.45) is 0. The predicted molar refractivity (Wildman–Crippen MR) is 65.1 cm³/mol. The van der Waals surface area contributed by atoms with E-state index in [0.717, 1.165) is 4.68 Å². The third-order valence-corrected chi connectivity index (χ3v) is 2.42. The number of nitrogens with zero attached hydrogens (tertiary/aromatic N) is 4. The van der Waals surface area contributed by atoms with E-state index in [2.05, 4.69) is 15.4 Å². The Hall–Kier alpha value is -2.42. The predicted octanol–water partition coefficient (Wildman–Crippen LogP) is -0.836. The molecule has 2 rings (SSSR count). The Morgan fingerprint density at radius 3 is 2.89 bits per heavy atom. The lowest BCUT2D eigenvalue weighted by atomic mass is 10.4. The van der Waals surface area contributed by atoms with E-state index in [-0.39, 0.29) is 12.6 Å². The van der Waals surface area contributed by atoms with Crippen LogP contribution < -0.4 is 11.0 Å². The van der Waals surface area contributed by atoms with Gasteiger partial charge in [0.2, 0.25) is 5.95 Å². The zero-order valence-corrected chi connectivity index (χ0v) is 10.5. The van der Waals surface area contributed by atoms with E-state index in [4.69, 9.17) is 9.84 Å². The molecule has 9 heteroatoms. The number of hydrogen-bond acceptors (Lipinski definition) is 6. The van der Waals surface area contributed by atoms with Crippen LogP contribution in [0.5, 0.6) is 0 Å². The Labute approximate surface area is 107 Å². The van der Waals surface area contributed by atoms with Crippen LogP contribution in [-0.4, -0.2) is 44.4 Å². The summed E-state index contributed by atoms with van der Waals surface area (Å²) in [5.41, 5.74) is 0.350. The lowest BCUT2D eigenvalue weighted by Crippen LogP contribution is -2.26. The van der Waals surface area contributed by atoms with Gasteiger partial charge in [0.05, 0.1) is 12.3 Å². The molecule has 2 aromatic rings. The third-order valence-electron chi connectivity index (χ3n) is 2.42. The van der Waals surface area contributed by atoms with Crippen molar-refractivity contribution < 1.29 is 14.6 Å². The number of hydrogen-bond donors (Lipinski definition) is 2. The zero-order chi connectivity index (χ0) is 14.0. The van der Waals surface area contributed by atoms with Crippen LogP contribution in [0.3, 0.4) is 0 Å². The Balaban J connectivity index is 2.64. The molecular weight excluding hydrogens is 254 g/mol. The molecule has 102 valence electrons. The molecule has 2 heterocycles. The maximum absolute atomic E-state index is 12.0. The molecule has 0 fully saturated rings. The Kier molecular flexibility index (Phi) is 3.47. The molecule has 0 atom stereocenters. The average molecular weight is 267 g/mol. The molecule has 2 N–H and O–H groups in total. The number of carboxylic acids is 1. The summed E-state index contributed by atoms with van der Waals surface area (Å²) in [5.74, 6) is -0.854. The molecule has 9 nitrogen and oxygen atoms in total. The molecule has 0 radical (unpaired) electrons. The van der Waals surface area contributed by atoms with Crippen molar-refractivity contribution in [2.24, 2.45) is 0 Å². The lowest BCUT2D eigenvalue weighted by molar-refractivity contribution is -0.137. The Morgan fingerprint density at radius 1 is 1.58 bits per heavy atom. The largest absolute Gasteiger partial charge is 0.480 e. The van der Waals surface area contributed by atoms with Gasteiger partial charge in [-0.25, -0.2) is 18.9 Å². The zero-order valence-electron chi connectivity index (χ0n) is 10.5. The maximum atomic E-state index is 12.0. The van der Waals surface area contributed by atoms with Crippen LogP contribution in [0.15, 0.2) is 10.9 Å². The van der Waals surface area contributed by atoms with E-state index in [9.17, 15) is 9.59 Å². The molecule has 0 aliphatic rings. The molecule has 2 aromatic heterocycles. The third kappa shape index (κ3) is 2.40. The highest BCUT2D eigenvalue weighted by atomic mass is 16.5. The van der Waals surface area contributed by atoms with Gasteiger partial charge in [-0.05, 0) is 0 Å². The van der Waals surface area contributed by atoms with Gasteiger partial charge in [0.1, 0.15) is 6.54 Å². The van der Waals surface area contributed by atoms with Crippen molar-refractivity contribution >= 4 is 17.6 Å². The molecule has 0 unspecified atom stereocenters. The van der Waals surface area contributed by atoms with Crippen molar-refractivity contribution in [3.05, 3.63) is 22.2 Å². The number of methoxy groups -OCH3 is 1. The van der Waals surface area contributed by atoms with E-state index in [0.29, 0.717) is 11.3 Å². The fraction of sp³-hybridized carbons (Fsp3) is 0.400. The second-order valence-corrected chi connectivity index (χ2v) is 3.78. The van der Waals surface area contributed by atoms with Crippen LogP contribution in [0.1, 0.15) is 5.69 Å². The van der Waals surface area contributed by atoms with Gasteiger partial charge in [-0.1, -0.05) is 0 Å². The van der Waals surface area contributed by atoms with Crippen molar-refractivity contribution in [2.45, 2.75) is 13.2 Å². The first kappa shape index (κ1) is 13.0. The molecule has 0 spiro atoms. The summed E-state index contributed by atoms with van der Waals surface area (Å²) in [7, 11) is 3.14. The summed E-state index contributed by atoms with van der Waals surface area (Å²) in [6, 6.07) is 1.57. The van der Waals surface area contributed by atoms with Crippen LogP contribution in [0.4, 0.5) is 5.95 Å². The average Bonchev–Trinajstić information content (AvgIpc) is 2.65. The van der Waals surface area contributed by atoms with Gasteiger partial charge < -0.3 is 15.2 Å². The minimum atomic E-state index is -1.14. The van der Waals surface area contributed by atoms with Crippen LogP contribution in [0, 0.1) is 0 Å². The number of aromatic nitrogens is 4. The standard InChI is InChI=1S/C10H13N5O4/c1-11-9-12-6(5-19-2)3-7-13-14(4-8(16)17)10(18)15(7)9/h3H,4-5H2,1-2H3,(H,11,12)(H,16,17). The van der Waals surface area contributed by atoms with Gasteiger partial charge in [-0.2, -0.15) is 0 Å². The van der Waals surface area contributed by atoms with Crippen molar-refractivity contribution in [1.29, 1.82) is 0 Å². The van der Waals surface area contributed by atoms with Crippen molar-refractivity contribution in [3.63, 3.8) is 0 Å². The molecule has 0 bridgehead atoms. The van der Waals surface area contributed by atoms with Crippen LogP contribution >= 0.6 is 0 Å². The normalized spacial score (nSPS) is 10.8. The van der Waals surface area contributed by atoms with E-state index in [1.165, 1.54) is 11.5 Å². The molecule has 19 heavy (non-hydrogen) atoms. The van der Waals surface area contributed by atoms with Gasteiger partial charge in [-0.3, -0.25) is 4.79 Å². The van der Waals surface area contributed by atoms with E-state index < -0.39 is 18.2 Å². The Bertz CT molecular complexity index is 674. The van der Waals surface area contributed by atoms with Gasteiger partial charge in [0, 0.05) is 20.2 Å². The number of aliphatic carboxylic acids is 1. The molecule has 0 saturated carbocycles. The number of fused-ring (bicyclic) bond motifs is 1. The number of rotatable bonds is 5. The summed E-state index contributed by atoms with van der Waals surface area (Å²) in [4.78, 5) is 26.9. The molecule has 0 saturated heterocycles. The number of carboxylic acid groups (broad SMARTS) is 1. The maximum Gasteiger partial charge on any atom is 0.353 e. The number of nitrogens with one attached hydrogen (secondary N) is 1. The second kappa shape index (κ2) is 5.06. The van der Waals surface area contributed by atoms with E-state index >= 15 is 0 Å².